The Morgan fingerprint density at radius 3 is 2.47 bits per heavy atom. The third-order valence-electron chi connectivity index (χ3n) is 3.52. The fourth-order valence-electron chi connectivity index (χ4n) is 2.22. The zero-order valence-electron chi connectivity index (χ0n) is 10.2. The first-order valence-corrected chi connectivity index (χ1v) is 5.76. The van der Waals surface area contributed by atoms with Gasteiger partial charge in [-0.15, -0.1) is 0 Å². The van der Waals surface area contributed by atoms with Gasteiger partial charge in [-0.3, -0.25) is 14.8 Å². The normalized spacial score (nSPS) is 20.1. The van der Waals surface area contributed by atoms with Gasteiger partial charge < -0.3 is 10.0 Å². The molecule has 0 aromatic carbocycles. The molecule has 0 saturated carbocycles. The molecule has 5 nitrogen and oxygen atoms in total. The highest BCUT2D eigenvalue weighted by Crippen LogP contribution is 2.34. The van der Waals surface area contributed by atoms with Crippen molar-refractivity contribution in [3.05, 3.63) is 23.8 Å². The summed E-state index contributed by atoms with van der Waals surface area (Å²) in [7, 11) is 2.01. The van der Waals surface area contributed by atoms with Gasteiger partial charge in [0.05, 0.1) is 11.4 Å². The van der Waals surface area contributed by atoms with Crippen LogP contribution >= 0.6 is 0 Å². The maximum atomic E-state index is 11.6. The van der Waals surface area contributed by atoms with Crippen LogP contribution in [0.1, 0.15) is 24.2 Å². The summed E-state index contributed by atoms with van der Waals surface area (Å²) in [5.74, 6) is -0.788. The summed E-state index contributed by atoms with van der Waals surface area (Å²) in [6.45, 7) is 3.41. The van der Waals surface area contributed by atoms with Crippen LogP contribution in [0.25, 0.3) is 0 Å². The maximum absolute atomic E-state index is 11.6. The first-order valence-electron chi connectivity index (χ1n) is 5.76. The van der Waals surface area contributed by atoms with Gasteiger partial charge >= 0.3 is 5.97 Å². The van der Waals surface area contributed by atoms with Crippen molar-refractivity contribution in [1.82, 2.24) is 14.9 Å². The minimum atomic E-state index is -0.854. The number of carbonyl (C=O) groups is 1. The number of rotatable bonds is 2. The molecule has 1 saturated heterocycles. The van der Waals surface area contributed by atoms with E-state index in [0.717, 1.165) is 18.8 Å². The highest BCUT2D eigenvalue weighted by atomic mass is 16.4. The fourth-order valence-corrected chi connectivity index (χ4v) is 2.22. The standard InChI is InChI=1S/C12H17N3O2/c1-9-7-14-10(8-13-9)12(11(16)17)3-5-15(2)6-4-12/h7-8H,3-6H2,1-2H3,(H,16,17). The number of carboxylic acids is 1. The van der Waals surface area contributed by atoms with Crippen LogP contribution in [0.5, 0.6) is 0 Å². The Labute approximate surface area is 100 Å². The topological polar surface area (TPSA) is 66.3 Å². The van der Waals surface area contributed by atoms with E-state index in [9.17, 15) is 9.90 Å². The molecule has 1 N–H and O–H groups in total. The number of carboxylic acid groups (broad SMARTS) is 1. The molecule has 0 unspecified atom stereocenters. The van der Waals surface area contributed by atoms with Crippen molar-refractivity contribution < 1.29 is 9.90 Å². The zero-order valence-corrected chi connectivity index (χ0v) is 10.2. The van der Waals surface area contributed by atoms with Crippen molar-refractivity contribution in [3.8, 4) is 0 Å². The summed E-state index contributed by atoms with van der Waals surface area (Å²) in [4.78, 5) is 22.1. The second-order valence-electron chi connectivity index (χ2n) is 4.73. The number of aryl methyl sites for hydroxylation is 1. The van der Waals surface area contributed by atoms with E-state index in [1.54, 1.807) is 12.4 Å². The predicted molar refractivity (Wildman–Crippen MR) is 62.8 cm³/mol. The molecule has 1 fully saturated rings. The van der Waals surface area contributed by atoms with Crippen molar-refractivity contribution in [2.24, 2.45) is 0 Å². The molecule has 0 radical (unpaired) electrons. The van der Waals surface area contributed by atoms with Crippen LogP contribution in [-0.2, 0) is 10.2 Å². The van der Waals surface area contributed by atoms with Crippen molar-refractivity contribution in [3.63, 3.8) is 0 Å². The first-order chi connectivity index (χ1) is 8.04. The summed E-state index contributed by atoms with van der Waals surface area (Å²) in [5.41, 5.74) is 0.540. The Morgan fingerprint density at radius 1 is 1.35 bits per heavy atom. The van der Waals surface area contributed by atoms with Gasteiger partial charge in [0, 0.05) is 12.4 Å². The Hall–Kier alpha value is -1.49. The van der Waals surface area contributed by atoms with Crippen LogP contribution in [0.3, 0.4) is 0 Å². The van der Waals surface area contributed by atoms with Crippen LogP contribution in [0.2, 0.25) is 0 Å². The molecular weight excluding hydrogens is 218 g/mol. The lowest BCUT2D eigenvalue weighted by molar-refractivity contribution is -0.146. The molecule has 1 aliphatic rings. The van der Waals surface area contributed by atoms with E-state index in [4.69, 9.17) is 0 Å². The molecule has 92 valence electrons. The first kappa shape index (κ1) is 12.0. The molecular formula is C12H17N3O2. The van der Waals surface area contributed by atoms with Crippen LogP contribution in [0, 0.1) is 6.92 Å². The maximum Gasteiger partial charge on any atom is 0.315 e. The molecule has 1 aliphatic heterocycles. The average molecular weight is 235 g/mol. The number of nitrogens with zero attached hydrogens (tertiary/aromatic N) is 3. The number of hydrogen-bond donors (Lipinski definition) is 1. The molecule has 0 bridgehead atoms. The minimum Gasteiger partial charge on any atom is -0.481 e. The monoisotopic (exact) mass is 235 g/mol. The lowest BCUT2D eigenvalue weighted by Gasteiger charge is -2.36. The van der Waals surface area contributed by atoms with E-state index in [1.165, 1.54) is 0 Å². The van der Waals surface area contributed by atoms with Gasteiger partial charge in [-0.2, -0.15) is 0 Å². The molecule has 0 amide bonds. The smallest absolute Gasteiger partial charge is 0.315 e. The van der Waals surface area contributed by atoms with Gasteiger partial charge in [-0.05, 0) is 39.9 Å². The van der Waals surface area contributed by atoms with Gasteiger partial charge in [-0.1, -0.05) is 0 Å². The Bertz CT molecular complexity index is 408. The fraction of sp³-hybridized carbons (Fsp3) is 0.583. The van der Waals surface area contributed by atoms with E-state index in [-0.39, 0.29) is 0 Å². The molecule has 17 heavy (non-hydrogen) atoms. The molecule has 2 rings (SSSR count). The molecule has 0 spiro atoms. The van der Waals surface area contributed by atoms with E-state index in [0.29, 0.717) is 18.5 Å². The minimum absolute atomic E-state index is 0.587. The second-order valence-corrected chi connectivity index (χ2v) is 4.73. The van der Waals surface area contributed by atoms with Crippen LogP contribution < -0.4 is 0 Å². The number of aromatic nitrogens is 2. The highest BCUT2D eigenvalue weighted by Gasteiger charge is 2.44. The lowest BCUT2D eigenvalue weighted by atomic mass is 9.76. The SMILES string of the molecule is Cc1cnc(C2(C(=O)O)CCN(C)CC2)cn1. The quantitative estimate of drug-likeness (QED) is 0.822. The molecule has 2 heterocycles. The lowest BCUT2D eigenvalue weighted by Crippen LogP contribution is -2.46. The Morgan fingerprint density at radius 2 is 2.00 bits per heavy atom. The predicted octanol–water partition coefficient (Wildman–Crippen LogP) is 0.833. The average Bonchev–Trinajstić information content (AvgIpc) is 2.31. The van der Waals surface area contributed by atoms with Crippen molar-refractivity contribution in [2.75, 3.05) is 20.1 Å². The zero-order chi connectivity index (χ0) is 12.5. The number of piperidine rings is 1. The van der Waals surface area contributed by atoms with Gasteiger partial charge in [0.2, 0.25) is 0 Å². The van der Waals surface area contributed by atoms with Gasteiger partial charge in [0.25, 0.3) is 0 Å². The van der Waals surface area contributed by atoms with Crippen molar-refractivity contribution >= 4 is 5.97 Å². The summed E-state index contributed by atoms with van der Waals surface area (Å²) in [6.07, 6.45) is 4.43. The number of likely N-dealkylation sites (tertiary alicyclic amines) is 1. The molecule has 1 aromatic rings. The van der Waals surface area contributed by atoms with Gasteiger partial charge in [0.1, 0.15) is 5.41 Å². The van der Waals surface area contributed by atoms with E-state index in [1.807, 2.05) is 14.0 Å². The van der Waals surface area contributed by atoms with Crippen molar-refractivity contribution in [2.45, 2.75) is 25.2 Å². The van der Waals surface area contributed by atoms with E-state index >= 15 is 0 Å². The van der Waals surface area contributed by atoms with Crippen LogP contribution in [0.4, 0.5) is 0 Å². The van der Waals surface area contributed by atoms with Crippen molar-refractivity contribution in [1.29, 1.82) is 0 Å². The second kappa shape index (κ2) is 4.41. The Balaban J connectivity index is 2.35. The summed E-state index contributed by atoms with van der Waals surface area (Å²) < 4.78 is 0. The molecule has 0 atom stereocenters. The Kier molecular flexibility index (Phi) is 3.11. The van der Waals surface area contributed by atoms with Crippen LogP contribution in [0.15, 0.2) is 12.4 Å². The number of hydrogen-bond acceptors (Lipinski definition) is 4. The van der Waals surface area contributed by atoms with E-state index < -0.39 is 11.4 Å². The number of aliphatic carboxylic acids is 1. The van der Waals surface area contributed by atoms with Gasteiger partial charge in [0.15, 0.2) is 0 Å². The summed E-state index contributed by atoms with van der Waals surface area (Å²) in [5, 5.41) is 9.51. The highest BCUT2D eigenvalue weighted by molar-refractivity contribution is 5.80. The summed E-state index contributed by atoms with van der Waals surface area (Å²) in [6, 6.07) is 0. The van der Waals surface area contributed by atoms with E-state index in [2.05, 4.69) is 14.9 Å². The third-order valence-corrected chi connectivity index (χ3v) is 3.52. The molecule has 5 heteroatoms. The van der Waals surface area contributed by atoms with Crippen LogP contribution in [-0.4, -0.2) is 46.1 Å². The summed E-state index contributed by atoms with van der Waals surface area (Å²) >= 11 is 0. The van der Waals surface area contributed by atoms with Gasteiger partial charge in [-0.25, -0.2) is 0 Å². The molecule has 0 aliphatic carbocycles. The largest absolute Gasteiger partial charge is 0.481 e. The molecule has 1 aromatic heterocycles. The third kappa shape index (κ3) is 2.15.